The van der Waals surface area contributed by atoms with Crippen LogP contribution in [-0.4, -0.2) is 69.6 Å². The first-order valence-electron chi connectivity index (χ1n) is 7.28. The van der Waals surface area contributed by atoms with E-state index in [9.17, 15) is 5.11 Å². The van der Waals surface area contributed by atoms with E-state index < -0.39 is 6.10 Å². The van der Waals surface area contributed by atoms with Crippen LogP contribution in [0.15, 0.2) is 29.3 Å². The molecule has 0 saturated heterocycles. The molecule has 0 aliphatic carbocycles. The summed E-state index contributed by atoms with van der Waals surface area (Å²) in [6, 6.07) is 7.00. The Balaban J connectivity index is 2.50. The monoisotopic (exact) mass is 311 g/mol. The molecule has 0 radical (unpaired) electrons. The van der Waals surface area contributed by atoms with Gasteiger partial charge in [0.05, 0.1) is 33.4 Å². The Bertz CT molecular complexity index is 466. The lowest BCUT2D eigenvalue weighted by molar-refractivity contribution is -0.869. The van der Waals surface area contributed by atoms with Gasteiger partial charge in [0, 0.05) is 13.5 Å². The zero-order valence-electron chi connectivity index (χ0n) is 13.8. The normalized spacial score (nSPS) is 14.0. The summed E-state index contributed by atoms with van der Waals surface area (Å²) in [5.74, 6) is 0.541. The molecule has 2 N–H and O–H groups in total. The summed E-state index contributed by atoms with van der Waals surface area (Å²) in [5.41, 5.74) is 0.623. The number of benzene rings is 1. The molecule has 0 amide bonds. The lowest BCUT2D eigenvalue weighted by Crippen LogP contribution is -2.38. The maximum atomic E-state index is 11.8. The smallest absolute Gasteiger partial charge is 0.212 e. The van der Waals surface area contributed by atoms with Crippen LogP contribution < -0.4 is 9.84 Å². The topological polar surface area (TPSA) is 76.8 Å². The van der Waals surface area contributed by atoms with Crippen LogP contribution in [0, 0.1) is 0 Å². The molecule has 0 aliphatic rings. The third-order valence-corrected chi connectivity index (χ3v) is 2.91. The van der Waals surface area contributed by atoms with Crippen LogP contribution in [0.1, 0.15) is 6.42 Å². The van der Waals surface area contributed by atoms with Crippen molar-refractivity contribution in [3.05, 3.63) is 24.3 Å². The van der Waals surface area contributed by atoms with Crippen LogP contribution in [-0.2, 0) is 4.74 Å². The molecule has 0 fully saturated rings. The predicted octanol–water partition coefficient (Wildman–Crippen LogP) is 0.292. The quantitative estimate of drug-likeness (QED) is 0.285. The van der Waals surface area contributed by atoms with Gasteiger partial charge in [-0.25, -0.2) is 0 Å². The molecule has 0 heterocycles. The summed E-state index contributed by atoms with van der Waals surface area (Å²) in [4.78, 5) is 4.07. The number of aliphatic imine (C=N–C) groups is 1. The van der Waals surface area contributed by atoms with Gasteiger partial charge in [-0.3, -0.25) is 4.99 Å². The summed E-state index contributed by atoms with van der Waals surface area (Å²) >= 11 is 0. The molecule has 0 bridgehead atoms. The maximum Gasteiger partial charge on any atom is 0.212 e. The van der Waals surface area contributed by atoms with Gasteiger partial charge in [0.15, 0.2) is 6.61 Å². The molecule has 1 atom stereocenters. The van der Waals surface area contributed by atoms with Crippen LogP contribution in [0.4, 0.5) is 5.69 Å². The molecule has 1 aromatic carbocycles. The van der Waals surface area contributed by atoms with Gasteiger partial charge < -0.3 is 24.2 Å². The van der Waals surface area contributed by atoms with Gasteiger partial charge in [-0.05, 0) is 30.2 Å². The molecule has 1 unspecified atom stereocenters. The summed E-state index contributed by atoms with van der Waals surface area (Å²) in [5, 5.41) is 19.4. The van der Waals surface area contributed by atoms with Gasteiger partial charge in [-0.1, -0.05) is 0 Å². The van der Waals surface area contributed by atoms with Gasteiger partial charge in [0.25, 0.3) is 0 Å². The molecule has 1 rings (SSSR count). The first-order valence-corrected chi connectivity index (χ1v) is 7.28. The van der Waals surface area contributed by atoms with Crippen LogP contribution >= 0.6 is 0 Å². The second kappa shape index (κ2) is 8.73. The Morgan fingerprint density at radius 2 is 1.86 bits per heavy atom. The van der Waals surface area contributed by atoms with Gasteiger partial charge in [0.2, 0.25) is 6.10 Å². The van der Waals surface area contributed by atoms with E-state index in [2.05, 4.69) is 4.99 Å². The van der Waals surface area contributed by atoms with E-state index in [0.29, 0.717) is 24.5 Å². The predicted molar refractivity (Wildman–Crippen MR) is 85.8 cm³/mol. The molecule has 6 heteroatoms. The highest BCUT2D eigenvalue weighted by atomic mass is 16.5. The molecule has 0 aliphatic heterocycles. The van der Waals surface area contributed by atoms with E-state index in [1.807, 2.05) is 21.1 Å². The number of quaternary nitrogens is 1. The van der Waals surface area contributed by atoms with E-state index in [0.717, 1.165) is 11.0 Å². The molecule has 1 aromatic rings. The standard InChI is InChI=1S/C16H26N2O4/c1-18(2,3)10-9-16(20)17-13-5-7-15(8-6-13)22-12-14(19)11-21-4/h5-8,14,19H,9-12H2,1-4H3/p+1. The molecular formula is C16H27N2O4+. The van der Waals surface area contributed by atoms with E-state index in [1.54, 1.807) is 31.4 Å². The van der Waals surface area contributed by atoms with Crippen LogP contribution in [0.25, 0.3) is 0 Å². The fourth-order valence-corrected chi connectivity index (χ4v) is 1.69. The fourth-order valence-electron chi connectivity index (χ4n) is 1.69. The molecule has 0 aromatic heterocycles. The number of hydrogen-bond donors (Lipinski definition) is 0. The lowest BCUT2D eigenvalue weighted by atomic mass is 10.3. The lowest BCUT2D eigenvalue weighted by Gasteiger charge is -2.25. The van der Waals surface area contributed by atoms with Crippen molar-refractivity contribution in [3.8, 4) is 5.75 Å². The summed E-state index contributed by atoms with van der Waals surface area (Å²) < 4.78 is 11.1. The van der Waals surface area contributed by atoms with Gasteiger partial charge >= 0.3 is 0 Å². The van der Waals surface area contributed by atoms with Crippen molar-refractivity contribution in [2.75, 3.05) is 48.0 Å². The number of rotatable bonds is 9. The van der Waals surface area contributed by atoms with Gasteiger partial charge in [-0.15, -0.1) is 0 Å². The zero-order chi connectivity index (χ0) is 16.6. The largest absolute Gasteiger partial charge is 0.862 e. The van der Waals surface area contributed by atoms with E-state index >= 15 is 0 Å². The first kappa shape index (κ1) is 18.4. The minimum atomic E-state index is -0.411. The second-order valence-corrected chi connectivity index (χ2v) is 6.23. The maximum absolute atomic E-state index is 11.8. The number of methoxy groups -OCH3 is 1. The van der Waals surface area contributed by atoms with Crippen molar-refractivity contribution in [2.24, 2.45) is 4.99 Å². The Hall–Kier alpha value is -1.63. The minimum Gasteiger partial charge on any atom is -0.862 e. The van der Waals surface area contributed by atoms with Crippen molar-refractivity contribution in [3.63, 3.8) is 0 Å². The van der Waals surface area contributed by atoms with Crippen molar-refractivity contribution in [1.82, 2.24) is 0 Å². The third kappa shape index (κ3) is 7.97. The van der Waals surface area contributed by atoms with E-state index in [1.165, 1.54) is 0 Å². The van der Waals surface area contributed by atoms with Crippen LogP contribution in [0.5, 0.6) is 5.75 Å². The second-order valence-electron chi connectivity index (χ2n) is 6.23. The molecule has 22 heavy (non-hydrogen) atoms. The van der Waals surface area contributed by atoms with Crippen molar-refractivity contribution in [1.29, 1.82) is 0 Å². The van der Waals surface area contributed by atoms with Gasteiger partial charge in [0.1, 0.15) is 12.4 Å². The van der Waals surface area contributed by atoms with Crippen LogP contribution in [0.3, 0.4) is 0 Å². The minimum absolute atomic E-state index is 0.118. The van der Waals surface area contributed by atoms with Gasteiger partial charge in [-0.2, -0.15) is 0 Å². The van der Waals surface area contributed by atoms with E-state index in [4.69, 9.17) is 14.6 Å². The summed E-state index contributed by atoms with van der Waals surface area (Å²) in [6.45, 7) is 1.37. The number of ether oxygens (including phenoxy) is 2. The van der Waals surface area contributed by atoms with Crippen molar-refractivity contribution >= 4 is 11.6 Å². The fraction of sp³-hybridized carbons (Fsp3) is 0.562. The average molecular weight is 311 g/mol. The molecular weight excluding hydrogens is 284 g/mol. The molecule has 6 nitrogen and oxygen atoms in total. The number of nitrogens with zero attached hydrogens (tertiary/aromatic N) is 2. The summed E-state index contributed by atoms with van der Waals surface area (Å²) in [6.07, 6.45) is 0.0192. The summed E-state index contributed by atoms with van der Waals surface area (Å²) in [7, 11) is 7.70. The Morgan fingerprint density at radius 3 is 2.41 bits per heavy atom. The highest BCUT2D eigenvalue weighted by Gasteiger charge is 2.08. The molecule has 0 spiro atoms. The third-order valence-electron chi connectivity index (χ3n) is 2.91. The Morgan fingerprint density at radius 1 is 1.23 bits per heavy atom. The number of hydrogen-bond acceptors (Lipinski definition) is 4. The van der Waals surface area contributed by atoms with Crippen LogP contribution in [0.2, 0.25) is 0 Å². The Kier molecular flexibility index (Phi) is 7.31. The molecule has 124 valence electrons. The van der Waals surface area contributed by atoms with Crippen molar-refractivity contribution < 1.29 is 24.2 Å². The van der Waals surface area contributed by atoms with Crippen molar-refractivity contribution in [2.45, 2.75) is 12.5 Å². The highest BCUT2D eigenvalue weighted by molar-refractivity contribution is 5.75. The average Bonchev–Trinajstić information content (AvgIpc) is 2.44. The van der Waals surface area contributed by atoms with E-state index in [-0.39, 0.29) is 12.5 Å². The highest BCUT2D eigenvalue weighted by Crippen LogP contribution is 2.18. The zero-order valence-corrected chi connectivity index (χ0v) is 13.8. The Labute approximate surface area is 132 Å². The molecule has 0 saturated carbocycles. The first-order chi connectivity index (χ1) is 10.3. The SMILES string of the molecule is COCC([OH2+])COc1ccc(N=C([O-])CC[N+](C)(C)C)cc1.